The minimum atomic E-state index is -0.0728. The highest BCUT2D eigenvalue weighted by Gasteiger charge is 2.15. The van der Waals surface area contributed by atoms with Gasteiger partial charge >= 0.3 is 0 Å². The molecule has 2 heterocycles. The molecule has 0 aliphatic heterocycles. The number of aromatic nitrogens is 3. The lowest BCUT2D eigenvalue weighted by Gasteiger charge is -2.12. The average Bonchev–Trinajstić information content (AvgIpc) is 2.95. The highest BCUT2D eigenvalue weighted by Crippen LogP contribution is 2.34. The van der Waals surface area contributed by atoms with Gasteiger partial charge in [-0.1, -0.05) is 18.2 Å². The van der Waals surface area contributed by atoms with Crippen LogP contribution in [0.4, 0.5) is 11.4 Å². The number of nitrogens with one attached hydrogen (secondary N) is 1. The Bertz CT molecular complexity index is 1130. The van der Waals surface area contributed by atoms with Gasteiger partial charge in [-0.25, -0.2) is 4.98 Å². The van der Waals surface area contributed by atoms with Gasteiger partial charge in [0.25, 0.3) is 0 Å². The molecular weight excluding hydrogens is 362 g/mol. The maximum atomic E-state index is 11.7. The largest absolute Gasteiger partial charge is 0.354 e. The molecule has 27 heavy (non-hydrogen) atoms. The van der Waals surface area contributed by atoms with Gasteiger partial charge < -0.3 is 11.1 Å². The molecule has 0 aliphatic rings. The molecule has 6 nitrogen and oxygen atoms in total. The van der Waals surface area contributed by atoms with E-state index in [9.17, 15) is 4.79 Å². The number of hydrogen-bond donors (Lipinski definition) is 2. The second kappa shape index (κ2) is 7.34. The molecule has 0 fully saturated rings. The van der Waals surface area contributed by atoms with Crippen LogP contribution in [0.2, 0.25) is 0 Å². The molecule has 7 heteroatoms. The molecule has 0 bridgehead atoms. The third kappa shape index (κ3) is 3.25. The average molecular weight is 382 g/mol. The van der Waals surface area contributed by atoms with E-state index in [1.54, 1.807) is 16.8 Å². The highest BCUT2D eigenvalue weighted by molar-refractivity contribution is 6.09. The van der Waals surface area contributed by atoms with Crippen molar-refractivity contribution < 1.29 is 4.79 Å². The van der Waals surface area contributed by atoms with Gasteiger partial charge in [0.1, 0.15) is 0 Å². The number of pyridine rings is 1. The first-order chi connectivity index (χ1) is 12.6. The SMILES string of the molecule is Cc1nn(C)c2nc3ccccc3c(Nc3ccc(C(=O)CN)cc3)c12.Cl. The van der Waals surface area contributed by atoms with Crippen molar-refractivity contribution >= 4 is 51.5 Å². The summed E-state index contributed by atoms with van der Waals surface area (Å²) < 4.78 is 1.80. The Kier molecular flexibility index (Phi) is 5.12. The van der Waals surface area contributed by atoms with E-state index >= 15 is 0 Å². The van der Waals surface area contributed by atoms with Crippen LogP contribution >= 0.6 is 12.4 Å². The summed E-state index contributed by atoms with van der Waals surface area (Å²) in [4.78, 5) is 16.5. The van der Waals surface area contributed by atoms with Gasteiger partial charge in [0.2, 0.25) is 0 Å². The fourth-order valence-electron chi connectivity index (χ4n) is 3.23. The quantitative estimate of drug-likeness (QED) is 0.526. The molecule has 0 saturated carbocycles. The van der Waals surface area contributed by atoms with Crippen molar-refractivity contribution in [1.82, 2.24) is 14.8 Å². The predicted molar refractivity (Wildman–Crippen MR) is 111 cm³/mol. The van der Waals surface area contributed by atoms with E-state index in [0.717, 1.165) is 39.0 Å². The molecule has 0 aliphatic carbocycles. The van der Waals surface area contributed by atoms with Gasteiger partial charge in [-0.05, 0) is 37.3 Å². The van der Waals surface area contributed by atoms with Crippen molar-refractivity contribution in [1.29, 1.82) is 0 Å². The van der Waals surface area contributed by atoms with E-state index in [1.807, 2.05) is 50.4 Å². The molecule has 4 aromatic rings. The van der Waals surface area contributed by atoms with E-state index in [0.29, 0.717) is 5.56 Å². The zero-order chi connectivity index (χ0) is 18.3. The number of fused-ring (bicyclic) bond motifs is 2. The lowest BCUT2D eigenvalue weighted by atomic mass is 10.1. The Morgan fingerprint density at radius 3 is 2.56 bits per heavy atom. The summed E-state index contributed by atoms with van der Waals surface area (Å²) in [5, 5.41) is 10.0. The molecule has 0 atom stereocenters. The first-order valence-electron chi connectivity index (χ1n) is 8.41. The van der Waals surface area contributed by atoms with E-state index in [4.69, 9.17) is 10.7 Å². The van der Waals surface area contributed by atoms with Gasteiger partial charge in [-0.3, -0.25) is 9.48 Å². The topological polar surface area (TPSA) is 85.8 Å². The van der Waals surface area contributed by atoms with Gasteiger partial charge in [0.15, 0.2) is 11.4 Å². The Balaban J connectivity index is 0.00000210. The highest BCUT2D eigenvalue weighted by atomic mass is 35.5. The zero-order valence-corrected chi connectivity index (χ0v) is 15.9. The van der Waals surface area contributed by atoms with Gasteiger partial charge in [-0.2, -0.15) is 5.10 Å². The molecule has 0 saturated heterocycles. The Hall–Kier alpha value is -2.96. The number of carbonyl (C=O) groups excluding carboxylic acids is 1. The molecule has 2 aromatic carbocycles. The standard InChI is InChI=1S/C20H19N5O.ClH/c1-12-18-19(22-14-9-7-13(8-10-14)17(26)11-21)15-5-3-4-6-16(15)23-20(18)25(2)24-12;/h3-10H,11,21H2,1-2H3,(H,22,23);1H. The number of benzene rings is 2. The van der Waals surface area contributed by atoms with Crippen LogP contribution in [0.25, 0.3) is 21.9 Å². The van der Waals surface area contributed by atoms with Crippen molar-refractivity contribution in [2.24, 2.45) is 12.8 Å². The van der Waals surface area contributed by atoms with E-state index in [-0.39, 0.29) is 24.7 Å². The number of para-hydroxylation sites is 1. The molecule has 0 spiro atoms. The van der Waals surface area contributed by atoms with Crippen LogP contribution in [0.5, 0.6) is 0 Å². The van der Waals surface area contributed by atoms with Crippen molar-refractivity contribution in [3.63, 3.8) is 0 Å². The number of Topliss-reactive ketones (excluding diaryl/α,β-unsaturated/α-hetero) is 1. The predicted octanol–water partition coefficient (Wildman–Crippen LogP) is 3.74. The number of rotatable bonds is 4. The molecule has 0 radical (unpaired) electrons. The monoisotopic (exact) mass is 381 g/mol. The summed E-state index contributed by atoms with van der Waals surface area (Å²) in [5.41, 5.74) is 10.5. The van der Waals surface area contributed by atoms with E-state index < -0.39 is 0 Å². The van der Waals surface area contributed by atoms with E-state index in [2.05, 4.69) is 10.4 Å². The number of aryl methyl sites for hydroxylation is 2. The zero-order valence-electron chi connectivity index (χ0n) is 15.1. The van der Waals surface area contributed by atoms with Crippen LogP contribution in [0.3, 0.4) is 0 Å². The third-order valence-electron chi connectivity index (χ3n) is 4.50. The molecule has 4 rings (SSSR count). The summed E-state index contributed by atoms with van der Waals surface area (Å²) in [6.07, 6.45) is 0. The summed E-state index contributed by atoms with van der Waals surface area (Å²) >= 11 is 0. The van der Waals surface area contributed by atoms with Crippen molar-refractivity contribution in [2.75, 3.05) is 11.9 Å². The van der Waals surface area contributed by atoms with Crippen molar-refractivity contribution in [2.45, 2.75) is 6.92 Å². The maximum Gasteiger partial charge on any atom is 0.176 e. The summed E-state index contributed by atoms with van der Waals surface area (Å²) in [6, 6.07) is 15.3. The number of carbonyl (C=O) groups is 1. The third-order valence-corrected chi connectivity index (χ3v) is 4.50. The second-order valence-corrected chi connectivity index (χ2v) is 6.24. The van der Waals surface area contributed by atoms with Crippen LogP contribution < -0.4 is 11.1 Å². The number of halogens is 1. The molecule has 0 amide bonds. The number of hydrogen-bond acceptors (Lipinski definition) is 5. The minimum Gasteiger partial charge on any atom is -0.354 e. The number of anilines is 2. The molecule has 0 unspecified atom stereocenters. The van der Waals surface area contributed by atoms with Gasteiger partial charge in [-0.15, -0.1) is 12.4 Å². The fraction of sp³-hybridized carbons (Fsp3) is 0.150. The number of nitrogens with two attached hydrogens (primary N) is 1. The van der Waals surface area contributed by atoms with Crippen LogP contribution in [-0.4, -0.2) is 27.1 Å². The molecule has 3 N–H and O–H groups in total. The van der Waals surface area contributed by atoms with Crippen LogP contribution in [0.1, 0.15) is 16.1 Å². The first kappa shape index (κ1) is 18.8. The Morgan fingerprint density at radius 1 is 1.15 bits per heavy atom. The number of nitrogens with zero attached hydrogens (tertiary/aromatic N) is 3. The fourth-order valence-corrected chi connectivity index (χ4v) is 3.23. The smallest absolute Gasteiger partial charge is 0.176 e. The van der Waals surface area contributed by atoms with Crippen LogP contribution in [-0.2, 0) is 7.05 Å². The lowest BCUT2D eigenvalue weighted by molar-refractivity contribution is 0.100. The number of ketones is 1. The van der Waals surface area contributed by atoms with Gasteiger partial charge in [0, 0.05) is 23.7 Å². The Morgan fingerprint density at radius 2 is 1.85 bits per heavy atom. The second-order valence-electron chi connectivity index (χ2n) is 6.24. The summed E-state index contributed by atoms with van der Waals surface area (Å²) in [7, 11) is 1.90. The molecule has 2 aromatic heterocycles. The lowest BCUT2D eigenvalue weighted by Crippen LogP contribution is -2.13. The van der Waals surface area contributed by atoms with E-state index in [1.165, 1.54) is 0 Å². The molecular formula is C20H20ClN5O. The van der Waals surface area contributed by atoms with Crippen LogP contribution in [0, 0.1) is 6.92 Å². The Labute approximate surface area is 162 Å². The molecule has 138 valence electrons. The summed E-state index contributed by atoms with van der Waals surface area (Å²) in [5.74, 6) is -0.0728. The minimum absolute atomic E-state index is 0. The first-order valence-corrected chi connectivity index (χ1v) is 8.41. The van der Waals surface area contributed by atoms with Crippen molar-refractivity contribution in [3.05, 3.63) is 59.8 Å². The maximum absolute atomic E-state index is 11.7. The van der Waals surface area contributed by atoms with Crippen LogP contribution in [0.15, 0.2) is 48.5 Å². The van der Waals surface area contributed by atoms with Gasteiger partial charge in [0.05, 0.1) is 28.8 Å². The van der Waals surface area contributed by atoms with Crippen molar-refractivity contribution in [3.8, 4) is 0 Å². The normalized spacial score (nSPS) is 10.8. The summed E-state index contributed by atoms with van der Waals surface area (Å²) in [6.45, 7) is 1.99.